The van der Waals surface area contributed by atoms with Crippen LogP contribution in [0.3, 0.4) is 0 Å². The van der Waals surface area contributed by atoms with Crippen molar-refractivity contribution in [2.75, 3.05) is 14.1 Å². The molecular formula is C13H19F2NO. The summed E-state index contributed by atoms with van der Waals surface area (Å²) in [5.41, 5.74) is -0.119. The van der Waals surface area contributed by atoms with E-state index in [9.17, 15) is 13.9 Å². The third kappa shape index (κ3) is 2.64. The molecule has 0 saturated carbocycles. The van der Waals surface area contributed by atoms with E-state index < -0.39 is 23.3 Å². The van der Waals surface area contributed by atoms with Gasteiger partial charge in [0, 0.05) is 5.54 Å². The molecule has 2 nitrogen and oxygen atoms in total. The summed E-state index contributed by atoms with van der Waals surface area (Å²) < 4.78 is 26.0. The number of nitrogens with zero attached hydrogens (tertiary/aromatic N) is 1. The first-order chi connectivity index (χ1) is 7.82. The Kier molecular flexibility index (Phi) is 4.22. The lowest BCUT2D eigenvalue weighted by atomic mass is 9.86. The molecule has 0 fully saturated rings. The van der Waals surface area contributed by atoms with Gasteiger partial charge in [0.05, 0.1) is 6.10 Å². The lowest BCUT2D eigenvalue weighted by Gasteiger charge is -2.40. The van der Waals surface area contributed by atoms with E-state index in [4.69, 9.17) is 0 Å². The molecule has 96 valence electrons. The third-order valence-corrected chi connectivity index (χ3v) is 3.59. The van der Waals surface area contributed by atoms with Crippen LogP contribution < -0.4 is 0 Å². The van der Waals surface area contributed by atoms with Gasteiger partial charge in [0.15, 0.2) is 11.6 Å². The highest BCUT2D eigenvalue weighted by molar-refractivity contribution is 5.23. The zero-order valence-corrected chi connectivity index (χ0v) is 10.7. The highest BCUT2D eigenvalue weighted by Gasteiger charge is 2.34. The summed E-state index contributed by atoms with van der Waals surface area (Å²) in [5.74, 6) is -1.83. The Bertz CT molecular complexity index is 395. The van der Waals surface area contributed by atoms with Gasteiger partial charge in [-0.2, -0.15) is 0 Å². The third-order valence-electron chi connectivity index (χ3n) is 3.59. The Morgan fingerprint density at radius 2 is 1.88 bits per heavy atom. The van der Waals surface area contributed by atoms with E-state index in [1.54, 1.807) is 0 Å². The van der Waals surface area contributed by atoms with E-state index in [-0.39, 0.29) is 0 Å². The largest absolute Gasteiger partial charge is 0.386 e. The number of aliphatic hydroxyl groups excluding tert-OH is 1. The fraction of sp³-hybridized carbons (Fsp3) is 0.538. The Morgan fingerprint density at radius 1 is 1.29 bits per heavy atom. The molecule has 1 aromatic carbocycles. The molecule has 17 heavy (non-hydrogen) atoms. The van der Waals surface area contributed by atoms with Crippen molar-refractivity contribution in [2.45, 2.75) is 31.9 Å². The van der Waals surface area contributed by atoms with E-state index in [0.29, 0.717) is 12.0 Å². The summed E-state index contributed by atoms with van der Waals surface area (Å²) in [6.07, 6.45) is -0.169. The minimum atomic E-state index is -0.932. The molecule has 2 atom stereocenters. The van der Waals surface area contributed by atoms with Crippen molar-refractivity contribution in [2.24, 2.45) is 0 Å². The Morgan fingerprint density at radius 3 is 2.29 bits per heavy atom. The summed E-state index contributed by atoms with van der Waals surface area (Å²) in [4.78, 5) is 1.89. The molecule has 0 aliphatic heterocycles. The lowest BCUT2D eigenvalue weighted by Crippen LogP contribution is -2.46. The van der Waals surface area contributed by atoms with Crippen LogP contribution in [0.15, 0.2) is 18.2 Å². The number of aliphatic hydroxyl groups is 1. The van der Waals surface area contributed by atoms with Crippen molar-refractivity contribution < 1.29 is 13.9 Å². The molecule has 0 spiro atoms. The summed E-state index contributed by atoms with van der Waals surface area (Å²) >= 11 is 0. The first-order valence-corrected chi connectivity index (χ1v) is 5.63. The molecule has 0 aliphatic rings. The van der Waals surface area contributed by atoms with Gasteiger partial charge in [0.25, 0.3) is 0 Å². The number of likely N-dealkylation sites (N-methyl/N-ethyl adjacent to an activating group) is 1. The molecule has 1 rings (SSSR count). The molecule has 0 amide bonds. The minimum Gasteiger partial charge on any atom is -0.386 e. The SMILES string of the molecule is CCC(C)(C(O)c1ccc(F)c(F)c1)N(C)C. The van der Waals surface area contributed by atoms with Crippen LogP contribution in [0.25, 0.3) is 0 Å². The number of rotatable bonds is 4. The average Bonchev–Trinajstić information content (AvgIpc) is 2.30. The highest BCUT2D eigenvalue weighted by Crippen LogP contribution is 2.32. The Labute approximate surface area is 101 Å². The molecule has 1 aromatic rings. The van der Waals surface area contributed by atoms with Gasteiger partial charge in [0.1, 0.15) is 0 Å². The number of hydrogen-bond donors (Lipinski definition) is 1. The zero-order valence-electron chi connectivity index (χ0n) is 10.7. The van der Waals surface area contributed by atoms with Gasteiger partial charge >= 0.3 is 0 Å². The normalized spacial score (nSPS) is 16.9. The second-order valence-corrected chi connectivity index (χ2v) is 4.68. The van der Waals surface area contributed by atoms with Crippen molar-refractivity contribution in [3.8, 4) is 0 Å². The fourth-order valence-electron chi connectivity index (χ4n) is 1.80. The highest BCUT2D eigenvalue weighted by atomic mass is 19.2. The van der Waals surface area contributed by atoms with E-state index in [2.05, 4.69) is 0 Å². The molecule has 0 heterocycles. The number of hydrogen-bond acceptors (Lipinski definition) is 2. The average molecular weight is 243 g/mol. The van der Waals surface area contributed by atoms with Crippen LogP contribution in [0, 0.1) is 11.6 Å². The standard InChI is InChI=1S/C13H19F2NO/c1-5-13(2,16(3)4)12(17)9-6-7-10(14)11(15)8-9/h6-8,12,17H,5H2,1-4H3. The maximum atomic E-state index is 13.1. The molecule has 0 bridgehead atoms. The van der Waals surface area contributed by atoms with Crippen molar-refractivity contribution in [3.05, 3.63) is 35.4 Å². The van der Waals surface area contributed by atoms with Gasteiger partial charge in [-0.15, -0.1) is 0 Å². The van der Waals surface area contributed by atoms with E-state index >= 15 is 0 Å². The molecule has 1 N–H and O–H groups in total. The summed E-state index contributed by atoms with van der Waals surface area (Å²) in [6.45, 7) is 3.84. The van der Waals surface area contributed by atoms with Crippen LogP contribution in [0.4, 0.5) is 8.78 Å². The molecular weight excluding hydrogens is 224 g/mol. The molecule has 0 aromatic heterocycles. The summed E-state index contributed by atoms with van der Waals surface area (Å²) in [7, 11) is 3.71. The second kappa shape index (κ2) is 5.10. The Balaban J connectivity index is 3.10. The predicted octanol–water partition coefficient (Wildman–Crippen LogP) is 2.73. The van der Waals surface area contributed by atoms with Gasteiger partial charge < -0.3 is 10.0 Å². The first kappa shape index (κ1) is 14.1. The van der Waals surface area contributed by atoms with Crippen molar-refractivity contribution in [3.63, 3.8) is 0 Å². The zero-order chi connectivity index (χ0) is 13.2. The van der Waals surface area contributed by atoms with Gasteiger partial charge in [-0.3, -0.25) is 0 Å². The molecule has 0 saturated heterocycles. The number of benzene rings is 1. The maximum Gasteiger partial charge on any atom is 0.159 e. The second-order valence-electron chi connectivity index (χ2n) is 4.68. The van der Waals surface area contributed by atoms with E-state index in [1.165, 1.54) is 6.07 Å². The fourth-order valence-corrected chi connectivity index (χ4v) is 1.80. The van der Waals surface area contributed by atoms with Gasteiger partial charge in [0.2, 0.25) is 0 Å². The minimum absolute atomic E-state index is 0.391. The van der Waals surface area contributed by atoms with Crippen LogP contribution in [0.5, 0.6) is 0 Å². The van der Waals surface area contributed by atoms with Crippen LogP contribution in [-0.2, 0) is 0 Å². The predicted molar refractivity (Wildman–Crippen MR) is 63.7 cm³/mol. The van der Waals surface area contributed by atoms with Crippen molar-refractivity contribution in [1.29, 1.82) is 0 Å². The van der Waals surface area contributed by atoms with Crippen LogP contribution in [-0.4, -0.2) is 29.6 Å². The lowest BCUT2D eigenvalue weighted by molar-refractivity contribution is 0.000648. The molecule has 4 heteroatoms. The number of halogens is 2. The quantitative estimate of drug-likeness (QED) is 0.879. The van der Waals surface area contributed by atoms with Gasteiger partial charge in [-0.25, -0.2) is 8.78 Å². The Hall–Kier alpha value is -1.00. The van der Waals surface area contributed by atoms with Crippen LogP contribution >= 0.6 is 0 Å². The molecule has 0 aliphatic carbocycles. The van der Waals surface area contributed by atoms with Crippen molar-refractivity contribution in [1.82, 2.24) is 4.90 Å². The first-order valence-electron chi connectivity index (χ1n) is 5.63. The van der Waals surface area contributed by atoms with E-state index in [0.717, 1.165) is 12.1 Å². The van der Waals surface area contributed by atoms with Crippen molar-refractivity contribution >= 4 is 0 Å². The molecule has 2 unspecified atom stereocenters. The molecule has 0 radical (unpaired) electrons. The maximum absolute atomic E-state index is 13.1. The topological polar surface area (TPSA) is 23.5 Å². The smallest absolute Gasteiger partial charge is 0.159 e. The summed E-state index contributed by atoms with van der Waals surface area (Å²) in [5, 5.41) is 10.3. The van der Waals surface area contributed by atoms with Crippen LogP contribution in [0.2, 0.25) is 0 Å². The monoisotopic (exact) mass is 243 g/mol. The van der Waals surface area contributed by atoms with Crippen LogP contribution in [0.1, 0.15) is 31.9 Å². The van der Waals surface area contributed by atoms with E-state index in [1.807, 2.05) is 32.8 Å². The van der Waals surface area contributed by atoms with Gasteiger partial charge in [-0.05, 0) is 45.1 Å². The summed E-state index contributed by atoms with van der Waals surface area (Å²) in [6, 6.07) is 3.51. The van der Waals surface area contributed by atoms with Gasteiger partial charge in [-0.1, -0.05) is 13.0 Å².